The maximum atomic E-state index is 12.4. The van der Waals surface area contributed by atoms with Crippen molar-refractivity contribution in [3.8, 4) is 0 Å². The van der Waals surface area contributed by atoms with Crippen LogP contribution in [0.4, 0.5) is 13.2 Å². The molecule has 0 atom stereocenters. The first-order valence-electron chi connectivity index (χ1n) is 6.90. The van der Waals surface area contributed by atoms with Crippen molar-refractivity contribution in [3.63, 3.8) is 0 Å². The number of aromatic nitrogens is 1. The van der Waals surface area contributed by atoms with Crippen molar-refractivity contribution in [2.75, 3.05) is 0 Å². The summed E-state index contributed by atoms with van der Waals surface area (Å²) >= 11 is 0. The number of nitrogens with one attached hydrogen (secondary N) is 1. The van der Waals surface area contributed by atoms with Gasteiger partial charge < -0.3 is 5.32 Å². The molecule has 120 valence electrons. The van der Waals surface area contributed by atoms with Gasteiger partial charge in [-0.1, -0.05) is 18.2 Å². The molecule has 6 heteroatoms. The van der Waals surface area contributed by atoms with Crippen LogP contribution in [-0.2, 0) is 17.5 Å². The highest BCUT2D eigenvalue weighted by Crippen LogP contribution is 2.29. The Morgan fingerprint density at radius 3 is 2.52 bits per heavy atom. The molecular weight excluding hydrogens is 305 g/mol. The van der Waals surface area contributed by atoms with Gasteiger partial charge in [-0.25, -0.2) is 0 Å². The van der Waals surface area contributed by atoms with E-state index < -0.39 is 11.7 Å². The van der Waals surface area contributed by atoms with Gasteiger partial charge in [0, 0.05) is 12.3 Å². The lowest BCUT2D eigenvalue weighted by Gasteiger charge is -2.06. The van der Waals surface area contributed by atoms with Gasteiger partial charge >= 0.3 is 6.18 Å². The largest absolute Gasteiger partial charge is 0.416 e. The average molecular weight is 320 g/mol. The summed E-state index contributed by atoms with van der Waals surface area (Å²) in [7, 11) is 0. The van der Waals surface area contributed by atoms with Gasteiger partial charge in [0.15, 0.2) is 0 Å². The molecule has 2 aromatic rings. The summed E-state index contributed by atoms with van der Waals surface area (Å²) in [5.74, 6) is -0.338. The van der Waals surface area contributed by atoms with E-state index in [0.29, 0.717) is 12.1 Å². The fraction of sp³-hybridized carbons (Fsp3) is 0.176. The van der Waals surface area contributed by atoms with Crippen LogP contribution in [0.15, 0.2) is 48.7 Å². The lowest BCUT2D eigenvalue weighted by molar-refractivity contribution is -0.137. The maximum absolute atomic E-state index is 12.4. The molecule has 1 N–H and O–H groups in total. The van der Waals surface area contributed by atoms with Crippen molar-refractivity contribution in [2.24, 2.45) is 0 Å². The topological polar surface area (TPSA) is 42.0 Å². The summed E-state index contributed by atoms with van der Waals surface area (Å²) in [6.07, 6.45) is 0.0222. The number of carbonyl (C=O) groups is 1. The highest BCUT2D eigenvalue weighted by molar-refractivity contribution is 5.91. The third kappa shape index (κ3) is 4.95. The van der Waals surface area contributed by atoms with Crippen molar-refractivity contribution in [3.05, 3.63) is 71.1 Å². The third-order valence-electron chi connectivity index (χ3n) is 3.21. The number of rotatable bonds is 4. The van der Waals surface area contributed by atoms with E-state index in [4.69, 9.17) is 0 Å². The summed E-state index contributed by atoms with van der Waals surface area (Å²) in [5, 5.41) is 2.68. The molecule has 0 saturated carbocycles. The Kier molecular flexibility index (Phi) is 5.16. The highest BCUT2D eigenvalue weighted by atomic mass is 19.4. The SMILES string of the molecule is Cc1cccnc1CNC(=O)C=Cc1ccc(C(F)(F)F)cc1. The van der Waals surface area contributed by atoms with Gasteiger partial charge in [-0.2, -0.15) is 13.2 Å². The third-order valence-corrected chi connectivity index (χ3v) is 3.21. The van der Waals surface area contributed by atoms with E-state index in [1.54, 1.807) is 6.20 Å². The van der Waals surface area contributed by atoms with Crippen LogP contribution in [0.25, 0.3) is 6.08 Å². The smallest absolute Gasteiger partial charge is 0.347 e. The molecule has 0 fully saturated rings. The van der Waals surface area contributed by atoms with Crippen LogP contribution >= 0.6 is 0 Å². The number of halogens is 3. The summed E-state index contributed by atoms with van der Waals surface area (Å²) in [6, 6.07) is 8.30. The average Bonchev–Trinajstić information content (AvgIpc) is 2.51. The molecule has 2 rings (SSSR count). The van der Waals surface area contributed by atoms with Gasteiger partial charge in [-0.15, -0.1) is 0 Å². The Balaban J connectivity index is 1.92. The van der Waals surface area contributed by atoms with E-state index in [1.165, 1.54) is 24.3 Å². The van der Waals surface area contributed by atoms with Crippen LogP contribution in [0, 0.1) is 6.92 Å². The number of benzene rings is 1. The Morgan fingerprint density at radius 2 is 1.91 bits per heavy atom. The zero-order valence-corrected chi connectivity index (χ0v) is 12.4. The van der Waals surface area contributed by atoms with Crippen LogP contribution in [0.3, 0.4) is 0 Å². The molecule has 1 aromatic carbocycles. The number of carbonyl (C=O) groups excluding carboxylic acids is 1. The highest BCUT2D eigenvalue weighted by Gasteiger charge is 2.29. The predicted octanol–water partition coefficient (Wildman–Crippen LogP) is 3.74. The predicted molar refractivity (Wildman–Crippen MR) is 81.3 cm³/mol. The first-order valence-corrected chi connectivity index (χ1v) is 6.90. The standard InChI is InChI=1S/C17H15F3N2O/c1-12-3-2-10-21-15(12)11-22-16(23)9-6-13-4-7-14(8-5-13)17(18,19)20/h2-10H,11H2,1H3,(H,22,23). The van der Waals surface area contributed by atoms with Crippen molar-refractivity contribution in [1.29, 1.82) is 0 Å². The molecule has 1 aromatic heterocycles. The molecule has 0 unspecified atom stereocenters. The zero-order chi connectivity index (χ0) is 16.9. The molecule has 0 radical (unpaired) electrons. The van der Waals surface area contributed by atoms with Gasteiger partial charge in [0.2, 0.25) is 5.91 Å². The molecule has 23 heavy (non-hydrogen) atoms. The van der Waals surface area contributed by atoms with E-state index in [-0.39, 0.29) is 5.91 Å². The van der Waals surface area contributed by atoms with Crippen LogP contribution in [0.1, 0.15) is 22.4 Å². The molecule has 0 saturated heterocycles. The monoisotopic (exact) mass is 320 g/mol. The molecule has 3 nitrogen and oxygen atoms in total. The lowest BCUT2D eigenvalue weighted by Crippen LogP contribution is -2.21. The Labute approximate surface area is 131 Å². The normalized spacial score (nSPS) is 11.7. The molecular formula is C17H15F3N2O. The minimum atomic E-state index is -4.36. The summed E-state index contributed by atoms with van der Waals surface area (Å²) in [4.78, 5) is 15.9. The van der Waals surface area contributed by atoms with Crippen LogP contribution in [0.5, 0.6) is 0 Å². The molecule has 1 amide bonds. The fourth-order valence-electron chi connectivity index (χ4n) is 1.89. The summed E-state index contributed by atoms with van der Waals surface area (Å²) in [5.41, 5.74) is 1.54. The second-order valence-corrected chi connectivity index (χ2v) is 4.94. The maximum Gasteiger partial charge on any atom is 0.416 e. The van der Waals surface area contributed by atoms with Crippen molar-refractivity contribution < 1.29 is 18.0 Å². The number of amides is 1. The van der Waals surface area contributed by atoms with Crippen molar-refractivity contribution in [1.82, 2.24) is 10.3 Å². The van der Waals surface area contributed by atoms with Crippen molar-refractivity contribution >= 4 is 12.0 Å². The van der Waals surface area contributed by atoms with Crippen LogP contribution in [-0.4, -0.2) is 10.9 Å². The summed E-state index contributed by atoms with van der Waals surface area (Å²) in [6.45, 7) is 2.19. The number of hydrogen-bond donors (Lipinski definition) is 1. The van der Waals surface area contributed by atoms with E-state index >= 15 is 0 Å². The number of nitrogens with zero attached hydrogens (tertiary/aromatic N) is 1. The zero-order valence-electron chi connectivity index (χ0n) is 12.4. The first-order chi connectivity index (χ1) is 10.9. The molecule has 0 aliphatic rings. The molecule has 0 aliphatic heterocycles. The number of pyridine rings is 1. The van der Waals surface area contributed by atoms with Crippen LogP contribution in [0.2, 0.25) is 0 Å². The van der Waals surface area contributed by atoms with Gasteiger partial charge in [-0.05, 0) is 42.3 Å². The van der Waals surface area contributed by atoms with E-state index in [9.17, 15) is 18.0 Å². The van der Waals surface area contributed by atoms with E-state index in [2.05, 4.69) is 10.3 Å². The van der Waals surface area contributed by atoms with E-state index in [0.717, 1.165) is 23.4 Å². The molecule has 0 aliphatic carbocycles. The fourth-order valence-corrected chi connectivity index (χ4v) is 1.89. The quantitative estimate of drug-likeness (QED) is 0.872. The minimum Gasteiger partial charge on any atom is -0.347 e. The molecule has 0 spiro atoms. The van der Waals surface area contributed by atoms with Gasteiger partial charge in [0.05, 0.1) is 17.8 Å². The van der Waals surface area contributed by atoms with Gasteiger partial charge in [0.25, 0.3) is 0 Å². The number of hydrogen-bond acceptors (Lipinski definition) is 2. The Bertz CT molecular complexity index is 707. The summed E-state index contributed by atoms with van der Waals surface area (Å²) < 4.78 is 37.3. The Morgan fingerprint density at radius 1 is 1.22 bits per heavy atom. The second kappa shape index (κ2) is 7.09. The number of aryl methyl sites for hydroxylation is 1. The van der Waals surface area contributed by atoms with Crippen molar-refractivity contribution in [2.45, 2.75) is 19.6 Å². The molecule has 1 heterocycles. The lowest BCUT2D eigenvalue weighted by atomic mass is 10.1. The second-order valence-electron chi connectivity index (χ2n) is 4.94. The first kappa shape index (κ1) is 16.7. The Hall–Kier alpha value is -2.63. The van der Waals surface area contributed by atoms with Gasteiger partial charge in [-0.3, -0.25) is 9.78 Å². The van der Waals surface area contributed by atoms with Crippen LogP contribution < -0.4 is 5.32 Å². The van der Waals surface area contributed by atoms with Gasteiger partial charge in [0.1, 0.15) is 0 Å². The minimum absolute atomic E-state index is 0.295. The van der Waals surface area contributed by atoms with E-state index in [1.807, 2.05) is 19.1 Å². The molecule has 0 bridgehead atoms. The number of alkyl halides is 3.